The summed E-state index contributed by atoms with van der Waals surface area (Å²) in [5, 5.41) is 20.3. The minimum absolute atomic E-state index is 0.202. The zero-order valence-corrected chi connectivity index (χ0v) is 10.8. The fourth-order valence-corrected chi connectivity index (χ4v) is 1.98. The maximum Gasteiger partial charge on any atom is 0.356 e. The van der Waals surface area contributed by atoms with Gasteiger partial charge in [0.2, 0.25) is 5.95 Å². The van der Waals surface area contributed by atoms with Gasteiger partial charge in [-0.25, -0.2) is 4.98 Å². The number of nitrogens with one attached hydrogen (secondary N) is 1. The van der Waals surface area contributed by atoms with Gasteiger partial charge in [0.15, 0.2) is 0 Å². The molecule has 0 saturated carbocycles. The summed E-state index contributed by atoms with van der Waals surface area (Å²) in [7, 11) is 0. The summed E-state index contributed by atoms with van der Waals surface area (Å²) >= 11 is 0. The summed E-state index contributed by atoms with van der Waals surface area (Å²) in [5.41, 5.74) is 4.30. The first kappa shape index (κ1) is 14.2. The molecule has 1 unspecified atom stereocenters. The summed E-state index contributed by atoms with van der Waals surface area (Å²) in [6.07, 6.45) is 0.202. The second kappa shape index (κ2) is 5.83. The highest BCUT2D eigenvalue weighted by Crippen LogP contribution is 2.24. The van der Waals surface area contributed by atoms with Gasteiger partial charge in [-0.05, 0) is 12.0 Å². The van der Waals surface area contributed by atoms with E-state index in [0.29, 0.717) is 0 Å². The van der Waals surface area contributed by atoms with Gasteiger partial charge in [-0.1, -0.05) is 30.3 Å². The first-order valence-corrected chi connectivity index (χ1v) is 6.00. The van der Waals surface area contributed by atoms with Crippen molar-refractivity contribution < 1.29 is 4.92 Å². The topological polar surface area (TPSA) is 139 Å². The molecule has 21 heavy (non-hydrogen) atoms. The van der Waals surface area contributed by atoms with Gasteiger partial charge in [-0.15, -0.1) is 0 Å². The molecule has 1 atom stereocenters. The van der Waals surface area contributed by atoms with E-state index in [1.165, 1.54) is 0 Å². The van der Waals surface area contributed by atoms with Crippen LogP contribution in [-0.2, 0) is 6.42 Å². The molecule has 0 aliphatic heterocycles. The molecule has 0 aliphatic carbocycles. The molecule has 0 spiro atoms. The lowest BCUT2D eigenvalue weighted by atomic mass is 9.96. The van der Waals surface area contributed by atoms with E-state index in [-0.39, 0.29) is 18.1 Å². The van der Waals surface area contributed by atoms with Gasteiger partial charge in [-0.2, -0.15) is 5.26 Å². The quantitative estimate of drug-likeness (QED) is 0.637. The third-order valence-corrected chi connectivity index (χ3v) is 2.89. The summed E-state index contributed by atoms with van der Waals surface area (Å²) in [5.74, 6) is -1.19. The van der Waals surface area contributed by atoms with Crippen molar-refractivity contribution in [3.63, 3.8) is 0 Å². The number of rotatable bonds is 4. The molecular weight excluding hydrogens is 274 g/mol. The molecule has 0 aliphatic rings. The van der Waals surface area contributed by atoms with Crippen molar-refractivity contribution in [1.29, 1.82) is 5.26 Å². The second-order valence-corrected chi connectivity index (χ2v) is 4.31. The van der Waals surface area contributed by atoms with E-state index in [9.17, 15) is 20.2 Å². The molecule has 2 rings (SSSR count). The summed E-state index contributed by atoms with van der Waals surface area (Å²) in [6.45, 7) is 0. The highest BCUT2D eigenvalue weighted by molar-refractivity contribution is 5.42. The van der Waals surface area contributed by atoms with Crippen molar-refractivity contribution in [3.05, 3.63) is 62.1 Å². The smallest absolute Gasteiger partial charge is 0.356 e. The van der Waals surface area contributed by atoms with Crippen LogP contribution in [0.2, 0.25) is 0 Å². The van der Waals surface area contributed by atoms with Gasteiger partial charge < -0.3 is 5.73 Å². The van der Waals surface area contributed by atoms with Crippen molar-refractivity contribution in [1.82, 2.24) is 9.97 Å². The Labute approximate surface area is 119 Å². The minimum atomic E-state index is -0.962. The number of aromatic amines is 1. The lowest BCUT2D eigenvalue weighted by molar-refractivity contribution is -0.387. The molecule has 8 heteroatoms. The van der Waals surface area contributed by atoms with E-state index in [2.05, 4.69) is 9.97 Å². The van der Waals surface area contributed by atoms with Crippen molar-refractivity contribution in [2.24, 2.45) is 0 Å². The van der Waals surface area contributed by atoms with Crippen molar-refractivity contribution in [2.75, 3.05) is 5.73 Å². The van der Waals surface area contributed by atoms with Gasteiger partial charge in [-0.3, -0.25) is 19.9 Å². The number of nitriles is 1. The third-order valence-electron chi connectivity index (χ3n) is 2.89. The maximum atomic E-state index is 11.6. The van der Waals surface area contributed by atoms with E-state index in [4.69, 9.17) is 5.73 Å². The predicted molar refractivity (Wildman–Crippen MR) is 74.4 cm³/mol. The Morgan fingerprint density at radius 3 is 2.67 bits per heavy atom. The van der Waals surface area contributed by atoms with Crippen molar-refractivity contribution >= 4 is 11.6 Å². The lowest BCUT2D eigenvalue weighted by Crippen LogP contribution is -2.20. The zero-order valence-electron chi connectivity index (χ0n) is 10.8. The molecule has 1 aromatic carbocycles. The highest BCUT2D eigenvalue weighted by Gasteiger charge is 2.28. The van der Waals surface area contributed by atoms with E-state index >= 15 is 0 Å². The van der Waals surface area contributed by atoms with Crippen LogP contribution in [0.5, 0.6) is 0 Å². The molecule has 106 valence electrons. The number of aromatic nitrogens is 2. The lowest BCUT2D eigenvalue weighted by Gasteiger charge is -2.09. The molecule has 1 aromatic heterocycles. The summed E-state index contributed by atoms with van der Waals surface area (Å²) < 4.78 is 0. The summed E-state index contributed by atoms with van der Waals surface area (Å²) in [6, 6.07) is 10.9. The molecule has 8 nitrogen and oxygen atoms in total. The Morgan fingerprint density at radius 1 is 1.43 bits per heavy atom. The Bertz CT molecular complexity index is 764. The van der Waals surface area contributed by atoms with Crippen LogP contribution in [0.25, 0.3) is 0 Å². The van der Waals surface area contributed by atoms with Gasteiger partial charge in [0.05, 0.1) is 16.9 Å². The summed E-state index contributed by atoms with van der Waals surface area (Å²) in [4.78, 5) is 27.7. The van der Waals surface area contributed by atoms with Crippen LogP contribution in [-0.4, -0.2) is 14.9 Å². The Balaban J connectivity index is 2.50. The number of nitrogen functional groups attached to an aromatic ring is 1. The number of anilines is 1. The van der Waals surface area contributed by atoms with Gasteiger partial charge in [0, 0.05) is 0 Å². The number of nitrogens with two attached hydrogens (primary N) is 1. The number of nitrogens with zero attached hydrogens (tertiary/aromatic N) is 3. The fraction of sp³-hybridized carbons (Fsp3) is 0.154. The molecule has 0 saturated heterocycles. The number of nitro groups is 1. The van der Waals surface area contributed by atoms with Crippen LogP contribution in [0.3, 0.4) is 0 Å². The Hall–Kier alpha value is -3.21. The number of H-pyrrole nitrogens is 1. The molecule has 0 fully saturated rings. The SMILES string of the molecule is N#CC(Cc1ccccc1)c1nc(N)[nH]c(=O)c1[N+](=O)[O-]. The van der Waals surface area contributed by atoms with E-state index < -0.39 is 22.1 Å². The third kappa shape index (κ3) is 3.03. The second-order valence-electron chi connectivity index (χ2n) is 4.31. The van der Waals surface area contributed by atoms with E-state index in [1.807, 2.05) is 12.1 Å². The zero-order chi connectivity index (χ0) is 15.4. The largest absolute Gasteiger partial charge is 0.369 e. The Morgan fingerprint density at radius 2 is 2.10 bits per heavy atom. The first-order chi connectivity index (χ1) is 10.0. The molecule has 0 bridgehead atoms. The molecule has 3 N–H and O–H groups in total. The fourth-order valence-electron chi connectivity index (χ4n) is 1.98. The average molecular weight is 285 g/mol. The van der Waals surface area contributed by atoms with Crippen molar-refractivity contribution in [2.45, 2.75) is 12.3 Å². The van der Waals surface area contributed by atoms with Gasteiger partial charge >= 0.3 is 11.2 Å². The highest BCUT2D eigenvalue weighted by atomic mass is 16.6. The average Bonchev–Trinajstić information content (AvgIpc) is 2.44. The number of benzene rings is 1. The molecule has 2 aromatic rings. The van der Waals surface area contributed by atoms with Gasteiger partial charge in [0.1, 0.15) is 5.69 Å². The van der Waals surface area contributed by atoms with Crippen LogP contribution in [0.1, 0.15) is 17.2 Å². The van der Waals surface area contributed by atoms with Crippen LogP contribution in [0.4, 0.5) is 11.6 Å². The molecular formula is C13H11N5O3. The predicted octanol–water partition coefficient (Wildman–Crippen LogP) is 1.11. The molecule has 0 amide bonds. The van der Waals surface area contributed by atoms with Crippen LogP contribution in [0, 0.1) is 21.4 Å². The molecule has 1 heterocycles. The van der Waals surface area contributed by atoms with Crippen LogP contribution >= 0.6 is 0 Å². The number of hydrogen-bond acceptors (Lipinski definition) is 6. The van der Waals surface area contributed by atoms with Crippen molar-refractivity contribution in [3.8, 4) is 6.07 Å². The van der Waals surface area contributed by atoms with Gasteiger partial charge in [0.25, 0.3) is 0 Å². The maximum absolute atomic E-state index is 11.6. The van der Waals surface area contributed by atoms with E-state index in [0.717, 1.165) is 5.56 Å². The van der Waals surface area contributed by atoms with Crippen LogP contribution in [0.15, 0.2) is 35.1 Å². The monoisotopic (exact) mass is 285 g/mol. The first-order valence-electron chi connectivity index (χ1n) is 6.00. The van der Waals surface area contributed by atoms with E-state index in [1.54, 1.807) is 24.3 Å². The molecule has 0 radical (unpaired) electrons. The minimum Gasteiger partial charge on any atom is -0.369 e. The normalized spacial score (nSPS) is 11.6. The Kier molecular flexibility index (Phi) is 3.95. The number of hydrogen-bond donors (Lipinski definition) is 2. The standard InChI is InChI=1S/C13H11N5O3/c14-7-9(6-8-4-2-1-3-5-8)10-11(18(20)21)12(19)17-13(15)16-10/h1-5,9H,6H2,(H3,15,16,17,19). The van der Waals surface area contributed by atoms with Crippen LogP contribution < -0.4 is 11.3 Å².